The molecule has 1 aromatic carbocycles. The molecule has 0 aliphatic heterocycles. The largest absolute Gasteiger partial charge is 0.308 e. The number of hydrogen-bond donors (Lipinski definition) is 0. The van der Waals surface area contributed by atoms with E-state index in [1.807, 2.05) is 36.0 Å². The fraction of sp³-hybridized carbons (Fsp3) is 0.353. The van der Waals surface area contributed by atoms with Gasteiger partial charge in [-0.3, -0.25) is 9.88 Å². The van der Waals surface area contributed by atoms with Crippen molar-refractivity contribution in [3.8, 4) is 0 Å². The van der Waals surface area contributed by atoms with Crippen LogP contribution in [-0.4, -0.2) is 42.0 Å². The maximum atomic E-state index is 13.9. The third kappa shape index (κ3) is 4.86. The van der Waals surface area contributed by atoms with Crippen LogP contribution in [0.5, 0.6) is 0 Å². The van der Waals surface area contributed by atoms with E-state index in [0.717, 1.165) is 18.7 Å². The monoisotopic (exact) mass is 305 g/mol. The lowest BCUT2D eigenvalue weighted by Crippen LogP contribution is -2.31. The summed E-state index contributed by atoms with van der Waals surface area (Å²) < 4.78 is 27.7. The smallest absolute Gasteiger partial charge is 0.130 e. The van der Waals surface area contributed by atoms with E-state index in [1.165, 1.54) is 18.2 Å². The topological polar surface area (TPSA) is 19.4 Å². The molecule has 0 saturated heterocycles. The molecule has 0 aliphatic carbocycles. The van der Waals surface area contributed by atoms with Gasteiger partial charge in [0.15, 0.2) is 0 Å². The highest BCUT2D eigenvalue weighted by atomic mass is 19.1. The van der Waals surface area contributed by atoms with Crippen molar-refractivity contribution >= 4 is 0 Å². The molecule has 0 radical (unpaired) electrons. The molecule has 0 fully saturated rings. The maximum absolute atomic E-state index is 13.9. The fourth-order valence-electron chi connectivity index (χ4n) is 2.21. The van der Waals surface area contributed by atoms with E-state index in [2.05, 4.69) is 4.98 Å². The Hall–Kier alpha value is -1.85. The molecule has 0 bridgehead atoms. The van der Waals surface area contributed by atoms with Crippen molar-refractivity contribution in [1.82, 2.24) is 14.8 Å². The molecular weight excluding hydrogens is 284 g/mol. The number of halogens is 2. The van der Waals surface area contributed by atoms with Gasteiger partial charge in [-0.05, 0) is 37.9 Å². The molecule has 5 heteroatoms. The van der Waals surface area contributed by atoms with E-state index >= 15 is 0 Å². The van der Waals surface area contributed by atoms with Gasteiger partial charge in [-0.15, -0.1) is 0 Å². The van der Waals surface area contributed by atoms with Crippen LogP contribution in [0.2, 0.25) is 0 Å². The maximum Gasteiger partial charge on any atom is 0.130 e. The summed E-state index contributed by atoms with van der Waals surface area (Å²) in [5.41, 5.74) is 1.14. The van der Waals surface area contributed by atoms with Crippen molar-refractivity contribution in [1.29, 1.82) is 0 Å². The first-order valence-electron chi connectivity index (χ1n) is 7.25. The average Bonchev–Trinajstić information content (AvgIpc) is 2.49. The van der Waals surface area contributed by atoms with Gasteiger partial charge in [0.25, 0.3) is 0 Å². The Bertz CT molecular complexity index is 567. The second-order valence-corrected chi connectivity index (χ2v) is 5.58. The minimum absolute atomic E-state index is 0.116. The van der Waals surface area contributed by atoms with Crippen molar-refractivity contribution in [2.45, 2.75) is 13.1 Å². The van der Waals surface area contributed by atoms with Gasteiger partial charge < -0.3 is 4.90 Å². The lowest BCUT2D eigenvalue weighted by Gasteiger charge is -2.24. The first-order chi connectivity index (χ1) is 10.6. The van der Waals surface area contributed by atoms with Gasteiger partial charge in [-0.1, -0.05) is 12.1 Å². The van der Waals surface area contributed by atoms with Crippen LogP contribution in [0.4, 0.5) is 8.78 Å². The van der Waals surface area contributed by atoms with Crippen LogP contribution in [0, 0.1) is 11.6 Å². The van der Waals surface area contributed by atoms with Crippen LogP contribution in [0.15, 0.2) is 42.7 Å². The molecule has 0 saturated carbocycles. The number of nitrogens with zero attached hydrogens (tertiary/aromatic N) is 3. The Morgan fingerprint density at radius 1 is 0.955 bits per heavy atom. The summed E-state index contributed by atoms with van der Waals surface area (Å²) in [7, 11) is 3.96. The number of pyridine rings is 1. The molecule has 22 heavy (non-hydrogen) atoms. The highest BCUT2D eigenvalue weighted by Crippen LogP contribution is 2.16. The Balaban J connectivity index is 2.13. The van der Waals surface area contributed by atoms with Crippen molar-refractivity contribution in [2.24, 2.45) is 0 Å². The molecule has 1 aromatic heterocycles. The molecule has 0 N–H and O–H groups in total. The molecular formula is C17H21F2N3. The summed E-state index contributed by atoms with van der Waals surface area (Å²) in [6.45, 7) is 2.38. The average molecular weight is 305 g/mol. The molecule has 1 heterocycles. The molecule has 0 spiro atoms. The van der Waals surface area contributed by atoms with Gasteiger partial charge in [-0.2, -0.15) is 0 Å². The Kier molecular flexibility index (Phi) is 5.98. The second-order valence-electron chi connectivity index (χ2n) is 5.58. The summed E-state index contributed by atoms with van der Waals surface area (Å²) >= 11 is 0. The van der Waals surface area contributed by atoms with Crippen LogP contribution in [0.3, 0.4) is 0 Å². The highest BCUT2D eigenvalue weighted by Gasteiger charge is 2.14. The van der Waals surface area contributed by atoms with Crippen LogP contribution < -0.4 is 0 Å². The van der Waals surface area contributed by atoms with Crippen molar-refractivity contribution in [2.75, 3.05) is 27.2 Å². The summed E-state index contributed by atoms with van der Waals surface area (Å²) in [6.07, 6.45) is 3.49. The van der Waals surface area contributed by atoms with Crippen molar-refractivity contribution in [3.63, 3.8) is 0 Å². The predicted molar refractivity (Wildman–Crippen MR) is 83.3 cm³/mol. The van der Waals surface area contributed by atoms with E-state index in [-0.39, 0.29) is 12.1 Å². The molecule has 0 amide bonds. The Morgan fingerprint density at radius 2 is 1.68 bits per heavy atom. The second kappa shape index (κ2) is 7.96. The fourth-order valence-corrected chi connectivity index (χ4v) is 2.21. The molecule has 2 rings (SSSR count). The summed E-state index contributed by atoms with van der Waals surface area (Å²) in [4.78, 5) is 8.17. The van der Waals surface area contributed by atoms with Crippen LogP contribution in [-0.2, 0) is 13.1 Å². The Morgan fingerprint density at radius 3 is 2.27 bits per heavy atom. The molecule has 0 unspecified atom stereocenters. The zero-order valence-corrected chi connectivity index (χ0v) is 13.0. The first-order valence-corrected chi connectivity index (χ1v) is 7.25. The minimum atomic E-state index is -0.499. The molecule has 3 nitrogen and oxygen atoms in total. The van der Waals surface area contributed by atoms with Crippen LogP contribution in [0.1, 0.15) is 11.1 Å². The number of benzene rings is 1. The number of rotatable bonds is 7. The van der Waals surface area contributed by atoms with Gasteiger partial charge in [0.1, 0.15) is 11.6 Å². The van der Waals surface area contributed by atoms with Crippen LogP contribution >= 0.6 is 0 Å². The van der Waals surface area contributed by atoms with Gasteiger partial charge in [0, 0.05) is 44.1 Å². The van der Waals surface area contributed by atoms with E-state index in [1.54, 1.807) is 12.4 Å². The SMILES string of the molecule is CN(C)CCN(Cc1cccnc1)Cc1c(F)cccc1F. The zero-order valence-electron chi connectivity index (χ0n) is 13.0. The van der Waals surface area contributed by atoms with Gasteiger partial charge in [0.2, 0.25) is 0 Å². The molecule has 0 aliphatic rings. The van der Waals surface area contributed by atoms with Crippen molar-refractivity contribution < 1.29 is 8.78 Å². The van der Waals surface area contributed by atoms with Gasteiger partial charge >= 0.3 is 0 Å². The zero-order chi connectivity index (χ0) is 15.9. The highest BCUT2D eigenvalue weighted by molar-refractivity contribution is 5.20. The van der Waals surface area contributed by atoms with Gasteiger partial charge in [-0.25, -0.2) is 8.78 Å². The van der Waals surface area contributed by atoms with Gasteiger partial charge in [0.05, 0.1) is 0 Å². The third-order valence-electron chi connectivity index (χ3n) is 3.44. The summed E-state index contributed by atoms with van der Waals surface area (Å²) in [5.74, 6) is -0.998. The van der Waals surface area contributed by atoms with Crippen molar-refractivity contribution in [3.05, 3.63) is 65.5 Å². The minimum Gasteiger partial charge on any atom is -0.308 e. The summed E-state index contributed by atoms with van der Waals surface area (Å²) in [5, 5.41) is 0. The lowest BCUT2D eigenvalue weighted by atomic mass is 10.1. The van der Waals surface area contributed by atoms with E-state index < -0.39 is 11.6 Å². The van der Waals surface area contributed by atoms with E-state index in [4.69, 9.17) is 0 Å². The number of likely N-dealkylation sites (N-methyl/N-ethyl adjacent to an activating group) is 1. The first kappa shape index (κ1) is 16.5. The Labute approximate surface area is 130 Å². The molecule has 2 aromatic rings. The predicted octanol–water partition coefficient (Wildman–Crippen LogP) is 2.92. The number of hydrogen-bond acceptors (Lipinski definition) is 3. The normalized spacial score (nSPS) is 11.4. The summed E-state index contributed by atoms with van der Waals surface area (Å²) in [6, 6.07) is 7.81. The standard InChI is InChI=1S/C17H21F2N3/c1-21(2)9-10-22(12-14-5-4-8-20-11-14)13-15-16(18)6-3-7-17(15)19/h3-8,11H,9-10,12-13H2,1-2H3. The number of aromatic nitrogens is 1. The quantitative estimate of drug-likeness (QED) is 0.784. The lowest BCUT2D eigenvalue weighted by molar-refractivity contribution is 0.220. The third-order valence-corrected chi connectivity index (χ3v) is 3.44. The molecule has 118 valence electrons. The van der Waals surface area contributed by atoms with Crippen LogP contribution in [0.25, 0.3) is 0 Å². The van der Waals surface area contributed by atoms with E-state index in [0.29, 0.717) is 6.54 Å². The molecule has 0 atom stereocenters. The van der Waals surface area contributed by atoms with E-state index in [9.17, 15) is 8.78 Å².